The first kappa shape index (κ1) is 17.4. The number of nitrogens with two attached hydrogens (primary N) is 1. The van der Waals surface area contributed by atoms with Crippen LogP contribution in [0, 0.1) is 6.92 Å². The molecule has 0 spiro atoms. The molecule has 3 rings (SSSR count). The second kappa shape index (κ2) is 7.06. The minimum absolute atomic E-state index is 0.202. The quantitative estimate of drug-likeness (QED) is 0.361. The van der Waals surface area contributed by atoms with Gasteiger partial charge in [-0.25, -0.2) is 28.2 Å². The van der Waals surface area contributed by atoms with Gasteiger partial charge in [0.15, 0.2) is 11.5 Å². The standard InChI is InChI=1S/C13H13N5O2S.CH2O2/c1-9-2-4-10(5-3-9)21(19,20)18-7-6-11-13(18)15-8-12(16-11)17-14;2-1-3/h2-8H,14H2,1H3,(H,16,17);1H,(H,2,3). The summed E-state index contributed by atoms with van der Waals surface area (Å²) in [6.07, 6.45) is 2.81. The highest BCUT2D eigenvalue weighted by molar-refractivity contribution is 7.90. The van der Waals surface area contributed by atoms with Crippen molar-refractivity contribution in [1.29, 1.82) is 0 Å². The lowest BCUT2D eigenvalue weighted by Crippen LogP contribution is -2.13. The summed E-state index contributed by atoms with van der Waals surface area (Å²) in [5.74, 6) is 5.63. The van der Waals surface area contributed by atoms with Crippen molar-refractivity contribution in [2.45, 2.75) is 11.8 Å². The number of nitrogen functional groups attached to an aromatic ring is 1. The van der Waals surface area contributed by atoms with E-state index in [9.17, 15) is 8.42 Å². The minimum atomic E-state index is -3.70. The molecule has 24 heavy (non-hydrogen) atoms. The second-order valence-electron chi connectivity index (χ2n) is 4.64. The van der Waals surface area contributed by atoms with Gasteiger partial charge in [0.05, 0.1) is 11.1 Å². The lowest BCUT2D eigenvalue weighted by Gasteiger charge is -2.07. The van der Waals surface area contributed by atoms with Crippen molar-refractivity contribution in [2.24, 2.45) is 5.84 Å². The molecule has 0 saturated heterocycles. The van der Waals surface area contributed by atoms with Crippen LogP contribution in [-0.2, 0) is 14.8 Å². The van der Waals surface area contributed by atoms with Crippen LogP contribution in [0.2, 0.25) is 0 Å². The topological polar surface area (TPSA) is 140 Å². The Kier molecular flexibility index (Phi) is 5.11. The summed E-state index contributed by atoms with van der Waals surface area (Å²) in [5, 5.41) is 6.89. The van der Waals surface area contributed by atoms with Crippen LogP contribution in [0.5, 0.6) is 0 Å². The summed E-state index contributed by atoms with van der Waals surface area (Å²) in [4.78, 5) is 16.8. The number of hydrazine groups is 1. The Hall–Kier alpha value is -2.98. The van der Waals surface area contributed by atoms with Crippen molar-refractivity contribution in [1.82, 2.24) is 13.9 Å². The lowest BCUT2D eigenvalue weighted by atomic mass is 10.2. The number of benzene rings is 1. The number of hydrogen-bond acceptors (Lipinski definition) is 7. The molecule has 3 aromatic rings. The average molecular weight is 349 g/mol. The number of carbonyl (C=O) groups is 1. The molecule has 4 N–H and O–H groups in total. The third kappa shape index (κ3) is 3.34. The van der Waals surface area contributed by atoms with Gasteiger partial charge >= 0.3 is 0 Å². The average Bonchev–Trinajstić information content (AvgIpc) is 2.99. The van der Waals surface area contributed by atoms with Crippen molar-refractivity contribution < 1.29 is 18.3 Å². The van der Waals surface area contributed by atoms with E-state index in [1.54, 1.807) is 30.3 Å². The van der Waals surface area contributed by atoms with E-state index in [1.165, 1.54) is 12.4 Å². The van der Waals surface area contributed by atoms with Crippen molar-refractivity contribution in [3.8, 4) is 0 Å². The number of nitrogens with one attached hydrogen (secondary N) is 1. The molecule has 10 heteroatoms. The van der Waals surface area contributed by atoms with E-state index < -0.39 is 10.0 Å². The zero-order valence-corrected chi connectivity index (χ0v) is 13.4. The zero-order valence-electron chi connectivity index (χ0n) is 12.6. The second-order valence-corrected chi connectivity index (χ2v) is 6.46. The van der Waals surface area contributed by atoms with E-state index in [4.69, 9.17) is 15.7 Å². The molecule has 0 saturated carbocycles. The van der Waals surface area contributed by atoms with Gasteiger partial charge < -0.3 is 10.5 Å². The number of aryl methyl sites for hydroxylation is 1. The van der Waals surface area contributed by atoms with Crippen molar-refractivity contribution in [3.63, 3.8) is 0 Å². The number of aromatic nitrogens is 3. The fourth-order valence-electron chi connectivity index (χ4n) is 1.97. The number of nitrogens with zero attached hydrogens (tertiary/aromatic N) is 3. The number of rotatable bonds is 3. The molecular weight excluding hydrogens is 334 g/mol. The molecule has 0 atom stereocenters. The maximum atomic E-state index is 12.6. The molecule has 126 valence electrons. The van der Waals surface area contributed by atoms with Crippen LogP contribution in [0.3, 0.4) is 0 Å². The summed E-state index contributed by atoms with van der Waals surface area (Å²) in [7, 11) is -3.70. The van der Waals surface area contributed by atoms with Crippen LogP contribution in [0.15, 0.2) is 47.6 Å². The number of carboxylic acid groups (broad SMARTS) is 1. The molecule has 0 aliphatic heterocycles. The van der Waals surface area contributed by atoms with E-state index in [-0.39, 0.29) is 17.0 Å². The maximum absolute atomic E-state index is 12.6. The van der Waals surface area contributed by atoms with Crippen molar-refractivity contribution in [2.75, 3.05) is 5.43 Å². The van der Waals surface area contributed by atoms with Gasteiger partial charge in [0.1, 0.15) is 5.52 Å². The van der Waals surface area contributed by atoms with Gasteiger partial charge in [-0.2, -0.15) is 0 Å². The van der Waals surface area contributed by atoms with Crippen molar-refractivity contribution >= 4 is 33.5 Å². The van der Waals surface area contributed by atoms with Crippen molar-refractivity contribution in [3.05, 3.63) is 48.3 Å². The summed E-state index contributed by atoms with van der Waals surface area (Å²) >= 11 is 0. The molecule has 0 aliphatic carbocycles. The van der Waals surface area contributed by atoms with Crippen LogP contribution >= 0.6 is 0 Å². The highest BCUT2D eigenvalue weighted by Crippen LogP contribution is 2.20. The normalized spacial score (nSPS) is 10.8. The number of hydrogen-bond donors (Lipinski definition) is 3. The summed E-state index contributed by atoms with van der Waals surface area (Å²) in [6, 6.07) is 8.22. The highest BCUT2D eigenvalue weighted by Gasteiger charge is 2.20. The molecule has 1 aromatic carbocycles. The Bertz CT molecular complexity index is 951. The Morgan fingerprint density at radius 2 is 1.88 bits per heavy atom. The first-order valence-electron chi connectivity index (χ1n) is 6.65. The molecule has 2 aromatic heterocycles. The van der Waals surface area contributed by atoms with Gasteiger partial charge in [0, 0.05) is 6.20 Å². The summed E-state index contributed by atoms with van der Waals surface area (Å²) in [5.41, 5.74) is 4.07. The Labute approximate surface area is 137 Å². The van der Waals surface area contributed by atoms with Crippen LogP contribution in [0.1, 0.15) is 5.56 Å². The van der Waals surface area contributed by atoms with Crippen LogP contribution in [0.4, 0.5) is 5.82 Å². The smallest absolute Gasteiger partial charge is 0.290 e. The third-order valence-corrected chi connectivity index (χ3v) is 4.76. The molecule has 2 heterocycles. The predicted octanol–water partition coefficient (Wildman–Crippen LogP) is 0.963. The first-order valence-corrected chi connectivity index (χ1v) is 8.09. The molecule has 0 bridgehead atoms. The molecule has 0 aliphatic rings. The van der Waals surface area contributed by atoms with Gasteiger partial charge in [-0.15, -0.1) is 0 Å². The summed E-state index contributed by atoms with van der Waals surface area (Å²) < 4.78 is 26.4. The monoisotopic (exact) mass is 349 g/mol. The molecule has 0 unspecified atom stereocenters. The zero-order chi connectivity index (χ0) is 17.7. The predicted molar refractivity (Wildman–Crippen MR) is 87.8 cm³/mol. The van der Waals surface area contributed by atoms with Crippen LogP contribution in [-0.4, -0.2) is 33.9 Å². The van der Waals surface area contributed by atoms with Crippen LogP contribution in [0.25, 0.3) is 11.2 Å². The van der Waals surface area contributed by atoms with Gasteiger partial charge in [0.2, 0.25) is 0 Å². The lowest BCUT2D eigenvalue weighted by molar-refractivity contribution is -0.122. The largest absolute Gasteiger partial charge is 0.483 e. The van der Waals surface area contributed by atoms with Crippen LogP contribution < -0.4 is 11.3 Å². The number of anilines is 1. The SMILES string of the molecule is Cc1ccc(S(=O)(=O)n2ccc3nc(NN)cnc32)cc1.O=CO. The molecule has 9 nitrogen and oxygen atoms in total. The van der Waals surface area contributed by atoms with Gasteiger partial charge in [-0.3, -0.25) is 4.79 Å². The Morgan fingerprint density at radius 3 is 2.46 bits per heavy atom. The van der Waals surface area contributed by atoms with E-state index in [2.05, 4.69) is 15.4 Å². The van der Waals surface area contributed by atoms with Gasteiger partial charge in [-0.1, -0.05) is 17.7 Å². The van der Waals surface area contributed by atoms with E-state index in [1.807, 2.05) is 6.92 Å². The van der Waals surface area contributed by atoms with Gasteiger partial charge in [-0.05, 0) is 25.1 Å². The maximum Gasteiger partial charge on any atom is 0.290 e. The molecule has 0 fully saturated rings. The number of fused-ring (bicyclic) bond motifs is 1. The fourth-order valence-corrected chi connectivity index (χ4v) is 3.27. The molecule has 0 radical (unpaired) electrons. The highest BCUT2D eigenvalue weighted by atomic mass is 32.2. The first-order chi connectivity index (χ1) is 11.4. The minimum Gasteiger partial charge on any atom is -0.483 e. The fraction of sp³-hybridized carbons (Fsp3) is 0.0714. The van der Waals surface area contributed by atoms with E-state index in [0.29, 0.717) is 11.3 Å². The Balaban J connectivity index is 0.000000647. The van der Waals surface area contributed by atoms with Gasteiger partial charge in [0.25, 0.3) is 16.5 Å². The summed E-state index contributed by atoms with van der Waals surface area (Å²) in [6.45, 7) is 1.65. The molecular formula is C14H15N5O4S. The van der Waals surface area contributed by atoms with E-state index in [0.717, 1.165) is 9.54 Å². The third-order valence-electron chi connectivity index (χ3n) is 3.08. The Morgan fingerprint density at radius 1 is 1.25 bits per heavy atom. The molecule has 0 amide bonds. The van der Waals surface area contributed by atoms with E-state index >= 15 is 0 Å².